The molecule has 2 nitrogen and oxygen atoms in total. The Labute approximate surface area is 107 Å². The van der Waals surface area contributed by atoms with Gasteiger partial charge in [-0.15, -0.1) is 0 Å². The highest BCUT2D eigenvalue weighted by molar-refractivity contribution is 7.65. The third-order valence-electron chi connectivity index (χ3n) is 2.76. The first-order chi connectivity index (χ1) is 8.09. The lowest BCUT2D eigenvalue weighted by Crippen LogP contribution is -2.22. The Hall–Kier alpha value is -0.430. The van der Waals surface area contributed by atoms with E-state index in [2.05, 4.69) is 68.3 Å². The van der Waals surface area contributed by atoms with Gasteiger partial charge in [0.1, 0.15) is 0 Å². The summed E-state index contributed by atoms with van der Waals surface area (Å²) in [4.78, 5) is 4.57. The summed E-state index contributed by atoms with van der Waals surface area (Å²) in [5.41, 5.74) is 0. The van der Waals surface area contributed by atoms with Crippen molar-refractivity contribution in [2.24, 2.45) is 0 Å². The van der Waals surface area contributed by atoms with Gasteiger partial charge in [-0.2, -0.15) is 0 Å². The van der Waals surface area contributed by atoms with Crippen molar-refractivity contribution in [2.45, 2.75) is 0 Å². The van der Waals surface area contributed by atoms with Crippen LogP contribution in [0.1, 0.15) is 0 Å². The van der Waals surface area contributed by atoms with Crippen LogP contribution in [0.5, 0.6) is 0 Å². The molecular weight excluding hydrogens is 227 g/mol. The minimum absolute atomic E-state index is 0.00412. The average Bonchev–Trinajstić information content (AvgIpc) is 2.29. The van der Waals surface area contributed by atoms with Crippen LogP contribution in [0.15, 0.2) is 30.3 Å². The lowest BCUT2D eigenvalue weighted by molar-refractivity contribution is 0.431. The van der Waals surface area contributed by atoms with Crippen LogP contribution in [0.3, 0.4) is 0 Å². The molecule has 0 aliphatic carbocycles. The van der Waals surface area contributed by atoms with E-state index in [0.29, 0.717) is 0 Å². The smallest absolute Gasteiger partial charge is 0.00176 e. The summed E-state index contributed by atoms with van der Waals surface area (Å²) in [6.45, 7) is 2.38. The topological polar surface area (TPSA) is 6.48 Å². The molecule has 0 aromatic heterocycles. The van der Waals surface area contributed by atoms with Gasteiger partial charge in [-0.05, 0) is 45.8 Å². The normalized spacial score (nSPS) is 11.7. The van der Waals surface area contributed by atoms with Crippen molar-refractivity contribution >= 4 is 13.2 Å². The van der Waals surface area contributed by atoms with E-state index in [1.165, 1.54) is 25.4 Å². The van der Waals surface area contributed by atoms with Gasteiger partial charge in [0.2, 0.25) is 0 Å². The van der Waals surface area contributed by atoms with E-state index < -0.39 is 0 Å². The van der Waals surface area contributed by atoms with Gasteiger partial charge < -0.3 is 9.80 Å². The fraction of sp³-hybridized carbons (Fsp3) is 0.571. The highest BCUT2D eigenvalue weighted by atomic mass is 31.1. The molecule has 0 radical (unpaired) electrons. The van der Waals surface area contributed by atoms with Crippen molar-refractivity contribution in [3.8, 4) is 0 Å². The Morgan fingerprint density at radius 1 is 0.824 bits per heavy atom. The highest BCUT2D eigenvalue weighted by Gasteiger charge is 2.11. The lowest BCUT2D eigenvalue weighted by atomic mass is 10.4. The molecule has 0 heterocycles. The first-order valence-electron chi connectivity index (χ1n) is 6.19. The molecule has 0 N–H and O–H groups in total. The molecule has 0 amide bonds. The maximum Gasteiger partial charge on any atom is 0.00176 e. The molecule has 3 heteroatoms. The first-order valence-corrected chi connectivity index (χ1v) is 7.90. The van der Waals surface area contributed by atoms with Crippen molar-refractivity contribution in [3.63, 3.8) is 0 Å². The van der Waals surface area contributed by atoms with Crippen molar-refractivity contribution in [3.05, 3.63) is 30.3 Å². The monoisotopic (exact) mass is 252 g/mol. The molecule has 1 aromatic carbocycles. The zero-order valence-electron chi connectivity index (χ0n) is 11.6. The number of benzene rings is 1. The van der Waals surface area contributed by atoms with Crippen molar-refractivity contribution in [2.75, 3.05) is 53.6 Å². The molecule has 0 aliphatic rings. The SMILES string of the molecule is CN(C)CCP(CCN(C)C)c1ccccc1. The molecule has 0 saturated heterocycles. The number of rotatable bonds is 7. The van der Waals surface area contributed by atoms with Crippen LogP contribution >= 0.6 is 7.92 Å². The second kappa shape index (κ2) is 7.81. The zero-order valence-corrected chi connectivity index (χ0v) is 12.5. The van der Waals surface area contributed by atoms with E-state index in [4.69, 9.17) is 0 Å². The summed E-state index contributed by atoms with van der Waals surface area (Å²) >= 11 is 0. The van der Waals surface area contributed by atoms with Crippen LogP contribution < -0.4 is 5.30 Å². The number of nitrogens with zero attached hydrogens (tertiary/aromatic N) is 2. The Balaban J connectivity index is 2.58. The fourth-order valence-corrected chi connectivity index (χ4v) is 4.27. The third kappa shape index (κ3) is 6.16. The summed E-state index contributed by atoms with van der Waals surface area (Å²) < 4.78 is 0. The summed E-state index contributed by atoms with van der Waals surface area (Å²) in [5, 5.41) is 1.55. The van der Waals surface area contributed by atoms with Crippen molar-refractivity contribution in [1.29, 1.82) is 0 Å². The van der Waals surface area contributed by atoms with Crippen LogP contribution in [-0.4, -0.2) is 63.4 Å². The minimum Gasteiger partial charge on any atom is -0.309 e. The standard InChI is InChI=1S/C14H25N2P/c1-15(2)10-12-17(13-11-16(3)4)14-8-6-5-7-9-14/h5-9H,10-13H2,1-4H3. The number of hydrogen-bond acceptors (Lipinski definition) is 2. The second-order valence-corrected chi connectivity index (χ2v) is 7.42. The molecule has 0 unspecified atom stereocenters. The molecule has 1 rings (SSSR count). The zero-order chi connectivity index (χ0) is 12.7. The van der Waals surface area contributed by atoms with Crippen molar-refractivity contribution in [1.82, 2.24) is 9.80 Å². The fourth-order valence-electron chi connectivity index (χ4n) is 1.65. The molecule has 0 aliphatic heterocycles. The van der Waals surface area contributed by atoms with Gasteiger partial charge in [0, 0.05) is 13.1 Å². The molecule has 0 atom stereocenters. The van der Waals surface area contributed by atoms with E-state index in [-0.39, 0.29) is 7.92 Å². The van der Waals surface area contributed by atoms with Crippen LogP contribution in [0, 0.1) is 0 Å². The molecule has 1 aromatic rings. The highest BCUT2D eigenvalue weighted by Crippen LogP contribution is 2.33. The Morgan fingerprint density at radius 2 is 1.29 bits per heavy atom. The van der Waals surface area contributed by atoms with Crippen LogP contribution in [-0.2, 0) is 0 Å². The predicted molar refractivity (Wildman–Crippen MR) is 79.8 cm³/mol. The molecule has 0 bridgehead atoms. The third-order valence-corrected chi connectivity index (χ3v) is 5.26. The maximum atomic E-state index is 2.29. The first kappa shape index (κ1) is 14.6. The van der Waals surface area contributed by atoms with Crippen LogP contribution in [0.4, 0.5) is 0 Å². The molecule has 0 saturated carbocycles. The lowest BCUT2D eigenvalue weighted by Gasteiger charge is -2.22. The molecule has 0 spiro atoms. The molecular formula is C14H25N2P. The number of hydrogen-bond donors (Lipinski definition) is 0. The van der Waals surface area contributed by atoms with Gasteiger partial charge in [0.15, 0.2) is 0 Å². The van der Waals surface area contributed by atoms with E-state index in [1.807, 2.05) is 0 Å². The molecule has 0 fully saturated rings. The van der Waals surface area contributed by atoms with Gasteiger partial charge in [0.05, 0.1) is 0 Å². The Morgan fingerprint density at radius 3 is 1.71 bits per heavy atom. The largest absolute Gasteiger partial charge is 0.309 e. The van der Waals surface area contributed by atoms with E-state index >= 15 is 0 Å². The molecule has 96 valence electrons. The minimum atomic E-state index is -0.00412. The van der Waals surface area contributed by atoms with Crippen molar-refractivity contribution < 1.29 is 0 Å². The summed E-state index contributed by atoms with van der Waals surface area (Å²) in [6, 6.07) is 11.0. The van der Waals surface area contributed by atoms with E-state index in [1.54, 1.807) is 5.30 Å². The quantitative estimate of drug-likeness (QED) is 0.684. The summed E-state index contributed by atoms with van der Waals surface area (Å²) in [6.07, 6.45) is 2.61. The van der Waals surface area contributed by atoms with Crippen LogP contribution in [0.25, 0.3) is 0 Å². The van der Waals surface area contributed by atoms with Gasteiger partial charge in [-0.1, -0.05) is 38.3 Å². The van der Waals surface area contributed by atoms with Crippen LogP contribution in [0.2, 0.25) is 0 Å². The molecule has 17 heavy (non-hydrogen) atoms. The van der Waals surface area contributed by atoms with Gasteiger partial charge in [-0.3, -0.25) is 0 Å². The van der Waals surface area contributed by atoms with E-state index in [0.717, 1.165) is 0 Å². The van der Waals surface area contributed by atoms with E-state index in [9.17, 15) is 0 Å². The Kier molecular flexibility index (Phi) is 6.72. The summed E-state index contributed by atoms with van der Waals surface area (Å²) in [7, 11) is 8.62. The second-order valence-electron chi connectivity index (χ2n) is 4.93. The van der Waals surface area contributed by atoms with Gasteiger partial charge in [0.25, 0.3) is 0 Å². The van der Waals surface area contributed by atoms with Gasteiger partial charge in [-0.25, -0.2) is 0 Å². The summed E-state index contributed by atoms with van der Waals surface area (Å²) in [5.74, 6) is 0. The maximum absolute atomic E-state index is 2.29. The Bertz CT molecular complexity index is 286. The predicted octanol–water partition coefficient (Wildman–Crippen LogP) is 1.92. The average molecular weight is 252 g/mol. The van der Waals surface area contributed by atoms with Gasteiger partial charge >= 0.3 is 0 Å².